The lowest BCUT2D eigenvalue weighted by Crippen LogP contribution is -2.29. The van der Waals surface area contributed by atoms with E-state index < -0.39 is 11.1 Å². The first-order chi connectivity index (χ1) is 12.4. The van der Waals surface area contributed by atoms with Crippen molar-refractivity contribution in [1.29, 1.82) is 0 Å². The molecule has 1 atom stereocenters. The number of aromatic amines is 2. The van der Waals surface area contributed by atoms with Crippen molar-refractivity contribution in [1.82, 2.24) is 15.3 Å². The maximum atomic E-state index is 12.6. The molecule has 0 spiro atoms. The van der Waals surface area contributed by atoms with Gasteiger partial charge in [0, 0.05) is 11.1 Å². The summed E-state index contributed by atoms with van der Waals surface area (Å²) in [5, 5.41) is 2.92. The number of methoxy groups -OCH3 is 1. The van der Waals surface area contributed by atoms with Crippen molar-refractivity contribution in [3.05, 3.63) is 73.8 Å². The fourth-order valence-corrected chi connectivity index (χ4v) is 2.81. The van der Waals surface area contributed by atoms with Crippen LogP contribution < -0.4 is 21.2 Å². The van der Waals surface area contributed by atoms with Gasteiger partial charge in [-0.15, -0.1) is 0 Å². The Morgan fingerprint density at radius 2 is 1.73 bits per heavy atom. The van der Waals surface area contributed by atoms with Gasteiger partial charge in [0.2, 0.25) is 0 Å². The zero-order valence-electron chi connectivity index (χ0n) is 14.7. The quantitative estimate of drug-likeness (QED) is 0.624. The van der Waals surface area contributed by atoms with E-state index in [0.717, 1.165) is 11.1 Å². The molecule has 0 aliphatic heterocycles. The van der Waals surface area contributed by atoms with Crippen LogP contribution in [0.4, 0.5) is 0 Å². The van der Waals surface area contributed by atoms with E-state index in [9.17, 15) is 14.4 Å². The molecule has 7 nitrogen and oxygen atoms in total. The molecular formula is C19H19N3O4. The number of amides is 1. The Kier molecular flexibility index (Phi) is 4.62. The topological polar surface area (TPSA) is 104 Å². The van der Waals surface area contributed by atoms with Gasteiger partial charge in [0.15, 0.2) is 0 Å². The third-order valence-electron chi connectivity index (χ3n) is 4.18. The van der Waals surface area contributed by atoms with Gasteiger partial charge in [0.25, 0.3) is 5.91 Å². The smallest absolute Gasteiger partial charge is 0.314 e. The summed E-state index contributed by atoms with van der Waals surface area (Å²) in [4.78, 5) is 40.3. The number of benzene rings is 2. The van der Waals surface area contributed by atoms with Crippen LogP contribution in [0, 0.1) is 6.92 Å². The monoisotopic (exact) mass is 353 g/mol. The first-order valence-electron chi connectivity index (χ1n) is 8.11. The molecule has 134 valence electrons. The number of carbonyl (C=O) groups is 1. The molecule has 7 heteroatoms. The number of aryl methyl sites for hydroxylation is 1. The van der Waals surface area contributed by atoms with Crippen LogP contribution in [0.3, 0.4) is 0 Å². The summed E-state index contributed by atoms with van der Waals surface area (Å²) in [6.45, 7) is 3.84. The maximum Gasteiger partial charge on any atom is 0.314 e. The molecule has 26 heavy (non-hydrogen) atoms. The predicted octanol–water partition coefficient (Wildman–Crippen LogP) is 2.02. The van der Waals surface area contributed by atoms with Crippen molar-refractivity contribution in [2.75, 3.05) is 7.11 Å². The third-order valence-corrected chi connectivity index (χ3v) is 4.18. The number of hydrogen-bond acceptors (Lipinski definition) is 4. The average molecular weight is 353 g/mol. The summed E-state index contributed by atoms with van der Waals surface area (Å²) in [7, 11) is 1.59. The Balaban J connectivity index is 1.89. The molecular weight excluding hydrogens is 334 g/mol. The van der Waals surface area contributed by atoms with Crippen molar-refractivity contribution in [3.8, 4) is 5.75 Å². The Labute approximate surface area is 149 Å². The summed E-state index contributed by atoms with van der Waals surface area (Å²) in [5.41, 5.74) is 1.68. The minimum Gasteiger partial charge on any atom is -0.496 e. The van der Waals surface area contributed by atoms with Crippen LogP contribution in [0.1, 0.15) is 34.5 Å². The summed E-state index contributed by atoms with van der Waals surface area (Å²) in [5.74, 6) is 0.402. The SMILES string of the molecule is COc1ccc(C)cc1C(C)NC(=O)c1ccc2[nH]c(=O)c(=O)[nH]c2c1. The number of ether oxygens (including phenoxy) is 1. The summed E-state index contributed by atoms with van der Waals surface area (Å²) < 4.78 is 5.37. The molecule has 1 heterocycles. The summed E-state index contributed by atoms with van der Waals surface area (Å²) >= 11 is 0. The highest BCUT2D eigenvalue weighted by Gasteiger charge is 2.16. The van der Waals surface area contributed by atoms with Crippen molar-refractivity contribution >= 4 is 16.9 Å². The van der Waals surface area contributed by atoms with Gasteiger partial charge in [-0.2, -0.15) is 0 Å². The molecule has 2 aromatic carbocycles. The second-order valence-corrected chi connectivity index (χ2v) is 6.11. The van der Waals surface area contributed by atoms with Crippen LogP contribution in [0.2, 0.25) is 0 Å². The summed E-state index contributed by atoms with van der Waals surface area (Å²) in [6.07, 6.45) is 0. The van der Waals surface area contributed by atoms with E-state index in [-0.39, 0.29) is 11.9 Å². The van der Waals surface area contributed by atoms with Gasteiger partial charge >= 0.3 is 11.1 Å². The molecule has 3 aromatic rings. The van der Waals surface area contributed by atoms with Crippen molar-refractivity contribution < 1.29 is 9.53 Å². The van der Waals surface area contributed by atoms with E-state index in [4.69, 9.17) is 4.74 Å². The van der Waals surface area contributed by atoms with Gasteiger partial charge in [0.05, 0.1) is 24.2 Å². The number of H-pyrrole nitrogens is 2. The fourth-order valence-electron chi connectivity index (χ4n) is 2.81. The molecule has 0 saturated heterocycles. The van der Waals surface area contributed by atoms with Crippen molar-refractivity contribution in [2.45, 2.75) is 19.9 Å². The fraction of sp³-hybridized carbons (Fsp3) is 0.211. The van der Waals surface area contributed by atoms with E-state index in [0.29, 0.717) is 22.3 Å². The van der Waals surface area contributed by atoms with Crippen LogP contribution in [-0.2, 0) is 0 Å². The molecule has 0 aliphatic carbocycles. The largest absolute Gasteiger partial charge is 0.496 e. The van der Waals surface area contributed by atoms with E-state index in [1.807, 2.05) is 32.0 Å². The number of aromatic nitrogens is 2. The Morgan fingerprint density at radius 3 is 2.42 bits per heavy atom. The second kappa shape index (κ2) is 6.87. The van der Waals surface area contributed by atoms with Crippen LogP contribution >= 0.6 is 0 Å². The Hall–Kier alpha value is -3.35. The zero-order chi connectivity index (χ0) is 18.8. The highest BCUT2D eigenvalue weighted by Crippen LogP contribution is 2.26. The van der Waals surface area contributed by atoms with Crippen LogP contribution in [0.5, 0.6) is 5.75 Å². The van der Waals surface area contributed by atoms with Crippen LogP contribution in [0.25, 0.3) is 11.0 Å². The minimum atomic E-state index is -0.757. The van der Waals surface area contributed by atoms with Gasteiger partial charge in [-0.25, -0.2) is 0 Å². The normalized spacial score (nSPS) is 12.0. The van der Waals surface area contributed by atoms with Gasteiger partial charge in [-0.3, -0.25) is 14.4 Å². The maximum absolute atomic E-state index is 12.6. The molecule has 3 rings (SSSR count). The average Bonchev–Trinajstić information content (AvgIpc) is 2.62. The second-order valence-electron chi connectivity index (χ2n) is 6.11. The first-order valence-corrected chi connectivity index (χ1v) is 8.11. The Bertz CT molecular complexity index is 1100. The number of nitrogens with one attached hydrogen (secondary N) is 3. The van der Waals surface area contributed by atoms with E-state index in [1.165, 1.54) is 6.07 Å². The van der Waals surface area contributed by atoms with Gasteiger partial charge in [-0.1, -0.05) is 17.7 Å². The van der Waals surface area contributed by atoms with Gasteiger partial charge in [-0.05, 0) is 38.1 Å². The minimum absolute atomic E-state index is 0.275. The van der Waals surface area contributed by atoms with Crippen molar-refractivity contribution in [2.24, 2.45) is 0 Å². The lowest BCUT2D eigenvalue weighted by Gasteiger charge is -2.18. The number of hydrogen-bond donors (Lipinski definition) is 3. The lowest BCUT2D eigenvalue weighted by atomic mass is 10.0. The lowest BCUT2D eigenvalue weighted by molar-refractivity contribution is 0.0939. The van der Waals surface area contributed by atoms with E-state index in [2.05, 4.69) is 15.3 Å². The third kappa shape index (κ3) is 3.37. The van der Waals surface area contributed by atoms with Gasteiger partial charge < -0.3 is 20.0 Å². The number of rotatable bonds is 4. The first kappa shape index (κ1) is 17.5. The van der Waals surface area contributed by atoms with E-state index in [1.54, 1.807) is 19.2 Å². The molecule has 1 unspecified atom stereocenters. The van der Waals surface area contributed by atoms with Gasteiger partial charge in [0.1, 0.15) is 5.75 Å². The molecule has 1 aromatic heterocycles. The number of fused-ring (bicyclic) bond motifs is 1. The van der Waals surface area contributed by atoms with Crippen molar-refractivity contribution in [3.63, 3.8) is 0 Å². The predicted molar refractivity (Wildman–Crippen MR) is 98.8 cm³/mol. The molecule has 0 fully saturated rings. The Morgan fingerprint density at radius 1 is 1.04 bits per heavy atom. The summed E-state index contributed by atoms with van der Waals surface area (Å²) in [6, 6.07) is 10.2. The standard InChI is InChI=1S/C19H19N3O4/c1-10-4-7-16(26-3)13(8-10)11(2)20-17(23)12-5-6-14-15(9-12)22-19(25)18(24)21-14/h4-9,11H,1-3H3,(H,20,23)(H,21,24)(H,22,25). The van der Waals surface area contributed by atoms with E-state index >= 15 is 0 Å². The molecule has 0 radical (unpaired) electrons. The number of carbonyl (C=O) groups excluding carboxylic acids is 1. The molecule has 0 bridgehead atoms. The zero-order valence-corrected chi connectivity index (χ0v) is 14.7. The highest BCUT2D eigenvalue weighted by molar-refractivity contribution is 5.97. The molecule has 1 amide bonds. The van der Waals surface area contributed by atoms with Crippen LogP contribution in [-0.4, -0.2) is 23.0 Å². The molecule has 0 aliphatic rings. The highest BCUT2D eigenvalue weighted by atomic mass is 16.5. The molecule has 0 saturated carbocycles. The van der Waals surface area contributed by atoms with Crippen LogP contribution in [0.15, 0.2) is 46.0 Å². The molecule has 3 N–H and O–H groups in total.